The Kier molecular flexibility index (Phi) is 8.29. The van der Waals surface area contributed by atoms with Crippen molar-refractivity contribution in [3.05, 3.63) is 81.3 Å². The van der Waals surface area contributed by atoms with Crippen molar-refractivity contribution in [2.24, 2.45) is 5.10 Å². The Morgan fingerprint density at radius 2 is 1.92 bits per heavy atom. The normalized spacial score (nSPS) is 11.1. The van der Waals surface area contributed by atoms with Crippen molar-refractivity contribution in [2.45, 2.75) is 12.1 Å². The third kappa shape index (κ3) is 6.07. The van der Waals surface area contributed by atoms with Gasteiger partial charge in [0, 0.05) is 16.3 Å². The number of hydrazone groups is 1. The van der Waals surface area contributed by atoms with Crippen molar-refractivity contribution in [3.8, 4) is 28.6 Å². The van der Waals surface area contributed by atoms with E-state index in [0.717, 1.165) is 16.8 Å². The summed E-state index contributed by atoms with van der Waals surface area (Å²) in [5, 5.41) is 23.8. The lowest BCUT2D eigenvalue weighted by atomic mass is 10.2. The summed E-state index contributed by atoms with van der Waals surface area (Å²) in [5.74, 6) is 0.686. The summed E-state index contributed by atoms with van der Waals surface area (Å²) in [5.41, 5.74) is 6.00. The van der Waals surface area contributed by atoms with Crippen LogP contribution in [0, 0.1) is 6.92 Å². The van der Waals surface area contributed by atoms with E-state index in [1.807, 2.05) is 47.9 Å². The molecule has 8 nitrogen and oxygen atoms in total. The molecule has 1 amide bonds. The number of aromatic hydroxyl groups is 1. The van der Waals surface area contributed by atoms with E-state index in [1.165, 1.54) is 25.1 Å². The molecule has 4 aromatic rings. The van der Waals surface area contributed by atoms with Crippen LogP contribution in [0.5, 0.6) is 11.5 Å². The van der Waals surface area contributed by atoms with Gasteiger partial charge in [0.1, 0.15) is 0 Å². The maximum Gasteiger partial charge on any atom is 0.250 e. The number of hydrogen-bond acceptors (Lipinski definition) is 7. The first-order valence-corrected chi connectivity index (χ1v) is 12.8. The summed E-state index contributed by atoms with van der Waals surface area (Å²) in [6.45, 7) is 2.02. The number of aromatic nitrogens is 3. The van der Waals surface area contributed by atoms with Crippen molar-refractivity contribution >= 4 is 51.4 Å². The number of phenols is 1. The van der Waals surface area contributed by atoms with E-state index in [2.05, 4.69) is 36.7 Å². The molecular weight excluding hydrogens is 566 g/mol. The number of thioether (sulfide) groups is 1. The minimum Gasteiger partial charge on any atom is -0.503 e. The lowest BCUT2D eigenvalue weighted by molar-refractivity contribution is -0.118. The molecule has 0 unspecified atom stereocenters. The van der Waals surface area contributed by atoms with Crippen LogP contribution in [-0.2, 0) is 4.79 Å². The number of nitrogens with one attached hydrogen (secondary N) is 1. The molecule has 0 bridgehead atoms. The minimum atomic E-state index is -0.312. The van der Waals surface area contributed by atoms with Crippen LogP contribution in [0.2, 0.25) is 5.02 Å². The number of phenolic OH excluding ortho intramolecular Hbond substituents is 1. The van der Waals surface area contributed by atoms with Crippen LogP contribution >= 0.6 is 39.3 Å². The van der Waals surface area contributed by atoms with Gasteiger partial charge >= 0.3 is 0 Å². The molecule has 0 saturated heterocycles. The summed E-state index contributed by atoms with van der Waals surface area (Å²) in [6.07, 6.45) is 1.46. The summed E-state index contributed by atoms with van der Waals surface area (Å²) in [7, 11) is 1.45. The van der Waals surface area contributed by atoms with Gasteiger partial charge in [0.25, 0.3) is 5.91 Å². The van der Waals surface area contributed by atoms with Crippen molar-refractivity contribution in [3.63, 3.8) is 0 Å². The van der Waals surface area contributed by atoms with Gasteiger partial charge in [-0.1, -0.05) is 41.1 Å². The molecule has 0 spiro atoms. The van der Waals surface area contributed by atoms with Crippen LogP contribution in [0.1, 0.15) is 11.1 Å². The monoisotopic (exact) mass is 585 g/mol. The molecule has 0 atom stereocenters. The Hall–Kier alpha value is -3.34. The van der Waals surface area contributed by atoms with Gasteiger partial charge in [-0.05, 0) is 76.9 Å². The molecule has 1 heterocycles. The van der Waals surface area contributed by atoms with Crippen molar-refractivity contribution < 1.29 is 14.6 Å². The Bertz CT molecular complexity index is 1410. The molecule has 0 aliphatic heterocycles. The number of ether oxygens (including phenoxy) is 1. The standard InChI is InChI=1S/C25H21BrClN5O3S/c1-15-3-9-19(10-4-15)32-24(17-5-7-18(27)8-6-17)30-31-25(32)36-14-22(33)29-28-13-16-11-20(26)23(34)21(12-16)35-2/h3-13,34H,14H2,1-2H3,(H,29,33)/b28-13+. The largest absolute Gasteiger partial charge is 0.503 e. The molecule has 36 heavy (non-hydrogen) atoms. The molecule has 0 saturated carbocycles. The topological polar surface area (TPSA) is 102 Å². The number of nitrogens with zero attached hydrogens (tertiary/aromatic N) is 4. The van der Waals surface area contributed by atoms with Gasteiger partial charge in [0.05, 0.1) is 23.5 Å². The predicted molar refractivity (Wildman–Crippen MR) is 145 cm³/mol. The minimum absolute atomic E-state index is 0.00857. The number of benzene rings is 3. The highest BCUT2D eigenvalue weighted by molar-refractivity contribution is 9.10. The third-order valence-corrected chi connectivity index (χ3v) is 6.82. The number of amides is 1. The number of rotatable bonds is 8. The SMILES string of the molecule is COc1cc(/C=N/NC(=O)CSc2nnc(-c3ccc(Cl)cc3)n2-c2ccc(C)cc2)cc(Br)c1O. The molecule has 4 rings (SSSR count). The van der Waals surface area contributed by atoms with Gasteiger partial charge in [-0.3, -0.25) is 9.36 Å². The van der Waals surface area contributed by atoms with Crippen LogP contribution in [0.25, 0.3) is 17.1 Å². The molecule has 184 valence electrons. The van der Waals surface area contributed by atoms with E-state index < -0.39 is 0 Å². The van der Waals surface area contributed by atoms with Gasteiger partial charge in [0.15, 0.2) is 22.5 Å². The quantitative estimate of drug-likeness (QED) is 0.158. The average Bonchev–Trinajstić information content (AvgIpc) is 3.29. The molecule has 3 aromatic carbocycles. The fraction of sp³-hybridized carbons (Fsp3) is 0.120. The number of carbonyl (C=O) groups excluding carboxylic acids is 1. The van der Waals surface area contributed by atoms with E-state index in [-0.39, 0.29) is 17.4 Å². The van der Waals surface area contributed by atoms with Crippen LogP contribution < -0.4 is 10.2 Å². The van der Waals surface area contributed by atoms with E-state index in [0.29, 0.717) is 31.8 Å². The van der Waals surface area contributed by atoms with Gasteiger partial charge in [-0.25, -0.2) is 5.43 Å². The second kappa shape index (κ2) is 11.6. The summed E-state index contributed by atoms with van der Waals surface area (Å²) in [6, 6.07) is 18.6. The zero-order valence-electron chi connectivity index (χ0n) is 19.3. The number of carbonyl (C=O) groups is 1. The lowest BCUT2D eigenvalue weighted by Gasteiger charge is -2.10. The first-order valence-electron chi connectivity index (χ1n) is 10.7. The Morgan fingerprint density at radius 1 is 1.19 bits per heavy atom. The Morgan fingerprint density at radius 3 is 2.61 bits per heavy atom. The first-order chi connectivity index (χ1) is 17.4. The fourth-order valence-corrected chi connectivity index (χ4v) is 4.57. The number of hydrogen-bond donors (Lipinski definition) is 2. The first kappa shape index (κ1) is 25.7. The number of halogens is 2. The van der Waals surface area contributed by atoms with Crippen LogP contribution in [-0.4, -0.2) is 44.9 Å². The lowest BCUT2D eigenvalue weighted by Crippen LogP contribution is -2.20. The second-order valence-corrected chi connectivity index (χ2v) is 9.85. The smallest absolute Gasteiger partial charge is 0.250 e. The highest BCUT2D eigenvalue weighted by Crippen LogP contribution is 2.34. The zero-order valence-corrected chi connectivity index (χ0v) is 22.4. The highest BCUT2D eigenvalue weighted by atomic mass is 79.9. The van der Waals surface area contributed by atoms with Gasteiger partial charge < -0.3 is 9.84 Å². The predicted octanol–water partition coefficient (Wildman–Crippen LogP) is 5.62. The van der Waals surface area contributed by atoms with Gasteiger partial charge in [-0.2, -0.15) is 5.10 Å². The van der Waals surface area contributed by atoms with Crippen LogP contribution in [0.3, 0.4) is 0 Å². The average molecular weight is 587 g/mol. The third-order valence-electron chi connectivity index (χ3n) is 5.03. The van der Waals surface area contributed by atoms with E-state index in [4.69, 9.17) is 16.3 Å². The fourth-order valence-electron chi connectivity index (χ4n) is 3.24. The van der Waals surface area contributed by atoms with E-state index in [9.17, 15) is 9.90 Å². The summed E-state index contributed by atoms with van der Waals surface area (Å²) < 4.78 is 7.48. The zero-order chi connectivity index (χ0) is 25.7. The summed E-state index contributed by atoms with van der Waals surface area (Å²) in [4.78, 5) is 12.5. The molecule has 2 N–H and O–H groups in total. The molecule has 0 radical (unpaired) electrons. The highest BCUT2D eigenvalue weighted by Gasteiger charge is 2.17. The van der Waals surface area contributed by atoms with Crippen molar-refractivity contribution in [1.82, 2.24) is 20.2 Å². The molecule has 11 heteroatoms. The number of methoxy groups -OCH3 is 1. The maximum absolute atomic E-state index is 12.5. The maximum atomic E-state index is 12.5. The van der Waals surface area contributed by atoms with Crippen LogP contribution in [0.4, 0.5) is 0 Å². The van der Waals surface area contributed by atoms with Gasteiger partial charge in [0.2, 0.25) is 0 Å². The summed E-state index contributed by atoms with van der Waals surface area (Å²) >= 11 is 10.6. The molecular formula is C25H21BrClN5O3S. The molecule has 0 fully saturated rings. The molecule has 0 aliphatic carbocycles. The number of aryl methyl sites for hydroxylation is 1. The van der Waals surface area contributed by atoms with Gasteiger partial charge in [-0.15, -0.1) is 10.2 Å². The second-order valence-electron chi connectivity index (χ2n) is 7.62. The Balaban J connectivity index is 1.49. The molecule has 0 aliphatic rings. The van der Waals surface area contributed by atoms with E-state index in [1.54, 1.807) is 24.3 Å². The Labute approximate surface area is 225 Å². The van der Waals surface area contributed by atoms with E-state index >= 15 is 0 Å². The van der Waals surface area contributed by atoms with Crippen LogP contribution in [0.15, 0.2) is 75.4 Å². The van der Waals surface area contributed by atoms with Crippen molar-refractivity contribution in [2.75, 3.05) is 12.9 Å². The molecule has 1 aromatic heterocycles. The van der Waals surface area contributed by atoms with Crippen molar-refractivity contribution in [1.29, 1.82) is 0 Å².